The molecule has 0 amide bonds. The molecule has 0 atom stereocenters. The van der Waals surface area contributed by atoms with Crippen LogP contribution in [0.1, 0.15) is 76.7 Å². The summed E-state index contributed by atoms with van der Waals surface area (Å²) >= 11 is 3.49. The van der Waals surface area contributed by atoms with Crippen LogP contribution in [0.5, 0.6) is 0 Å². The first-order chi connectivity index (χ1) is 9.74. The van der Waals surface area contributed by atoms with Crippen LogP contribution < -0.4 is 5.73 Å². The first-order valence-electron chi connectivity index (χ1n) is 8.28. The van der Waals surface area contributed by atoms with Crippen molar-refractivity contribution in [3.05, 3.63) is 28.2 Å². The Balaban J connectivity index is 1.95. The van der Waals surface area contributed by atoms with Crippen LogP contribution in [0.3, 0.4) is 0 Å². The molecular formula is C18H30BrN. The summed E-state index contributed by atoms with van der Waals surface area (Å²) in [6, 6.07) is 6.30. The van der Waals surface area contributed by atoms with Gasteiger partial charge in [0.15, 0.2) is 0 Å². The fourth-order valence-electron chi connectivity index (χ4n) is 2.54. The minimum absolute atomic E-state index is 0.830. The van der Waals surface area contributed by atoms with E-state index in [0.717, 1.165) is 10.2 Å². The van der Waals surface area contributed by atoms with Crippen molar-refractivity contribution in [3.8, 4) is 0 Å². The Morgan fingerprint density at radius 2 is 1.40 bits per heavy atom. The van der Waals surface area contributed by atoms with Crippen LogP contribution in [0.2, 0.25) is 0 Å². The largest absolute Gasteiger partial charge is 0.398 e. The lowest BCUT2D eigenvalue weighted by Gasteiger charge is -2.05. The maximum absolute atomic E-state index is 5.80. The van der Waals surface area contributed by atoms with Crippen LogP contribution in [0.25, 0.3) is 0 Å². The van der Waals surface area contributed by atoms with E-state index >= 15 is 0 Å². The summed E-state index contributed by atoms with van der Waals surface area (Å²) < 4.78 is 1.03. The number of nitrogens with two attached hydrogens (primary N) is 1. The number of nitrogen functional groups attached to an aromatic ring is 1. The van der Waals surface area contributed by atoms with Crippen LogP contribution in [0, 0.1) is 0 Å². The summed E-state index contributed by atoms with van der Waals surface area (Å²) in [5.41, 5.74) is 8.02. The van der Waals surface area contributed by atoms with E-state index < -0.39 is 0 Å². The van der Waals surface area contributed by atoms with E-state index in [0.29, 0.717) is 0 Å². The minimum Gasteiger partial charge on any atom is -0.398 e. The molecule has 0 bridgehead atoms. The molecular weight excluding hydrogens is 310 g/mol. The molecule has 20 heavy (non-hydrogen) atoms. The van der Waals surface area contributed by atoms with Gasteiger partial charge >= 0.3 is 0 Å². The normalized spacial score (nSPS) is 10.9. The second-order valence-corrected chi connectivity index (χ2v) is 6.64. The van der Waals surface area contributed by atoms with Gasteiger partial charge in [0.25, 0.3) is 0 Å². The summed E-state index contributed by atoms with van der Waals surface area (Å²) in [4.78, 5) is 0. The Bertz CT molecular complexity index is 362. The second kappa shape index (κ2) is 11.2. The molecule has 0 unspecified atom stereocenters. The molecule has 0 spiro atoms. The Labute approximate surface area is 133 Å². The molecule has 1 rings (SSSR count). The van der Waals surface area contributed by atoms with Gasteiger partial charge in [0.2, 0.25) is 0 Å². The lowest BCUT2D eigenvalue weighted by atomic mass is 10.0. The highest BCUT2D eigenvalue weighted by Gasteiger charge is 1.98. The molecule has 0 radical (unpaired) electrons. The van der Waals surface area contributed by atoms with Crippen molar-refractivity contribution in [3.63, 3.8) is 0 Å². The van der Waals surface area contributed by atoms with Gasteiger partial charge in [-0.25, -0.2) is 0 Å². The number of unbranched alkanes of at least 4 members (excludes halogenated alkanes) is 9. The Hall–Kier alpha value is -0.500. The summed E-state index contributed by atoms with van der Waals surface area (Å²) in [5.74, 6) is 0. The van der Waals surface area contributed by atoms with Gasteiger partial charge in [-0.2, -0.15) is 0 Å². The SMILES string of the molecule is CCCCCCCCCCCCc1ccc(N)c(Br)c1. The van der Waals surface area contributed by atoms with Gasteiger partial charge in [-0.3, -0.25) is 0 Å². The Morgan fingerprint density at radius 1 is 0.850 bits per heavy atom. The summed E-state index contributed by atoms with van der Waals surface area (Å²) in [6.07, 6.45) is 15.1. The van der Waals surface area contributed by atoms with Crippen LogP contribution in [0.15, 0.2) is 22.7 Å². The molecule has 0 heterocycles. The van der Waals surface area contributed by atoms with E-state index in [-0.39, 0.29) is 0 Å². The minimum atomic E-state index is 0.830. The highest BCUT2D eigenvalue weighted by atomic mass is 79.9. The van der Waals surface area contributed by atoms with Crippen molar-refractivity contribution in [1.29, 1.82) is 0 Å². The monoisotopic (exact) mass is 339 g/mol. The molecule has 1 aromatic carbocycles. The van der Waals surface area contributed by atoms with E-state index in [1.807, 2.05) is 6.07 Å². The molecule has 0 aliphatic heterocycles. The molecule has 0 saturated carbocycles. The van der Waals surface area contributed by atoms with Crippen molar-refractivity contribution in [2.45, 2.75) is 77.6 Å². The van der Waals surface area contributed by atoms with Crippen molar-refractivity contribution >= 4 is 21.6 Å². The third-order valence-electron chi connectivity index (χ3n) is 3.88. The van der Waals surface area contributed by atoms with Crippen molar-refractivity contribution in [1.82, 2.24) is 0 Å². The fraction of sp³-hybridized carbons (Fsp3) is 0.667. The number of rotatable bonds is 11. The van der Waals surface area contributed by atoms with E-state index in [2.05, 4.69) is 35.0 Å². The summed E-state index contributed by atoms with van der Waals surface area (Å²) in [7, 11) is 0. The quantitative estimate of drug-likeness (QED) is 0.361. The van der Waals surface area contributed by atoms with Crippen LogP contribution >= 0.6 is 15.9 Å². The second-order valence-electron chi connectivity index (χ2n) is 5.79. The topological polar surface area (TPSA) is 26.0 Å². The maximum atomic E-state index is 5.80. The van der Waals surface area contributed by atoms with Gasteiger partial charge in [-0.05, 0) is 46.5 Å². The predicted molar refractivity (Wildman–Crippen MR) is 94.1 cm³/mol. The molecule has 2 heteroatoms. The van der Waals surface area contributed by atoms with Crippen LogP contribution in [0.4, 0.5) is 5.69 Å². The molecule has 114 valence electrons. The van der Waals surface area contributed by atoms with Crippen LogP contribution in [-0.4, -0.2) is 0 Å². The van der Waals surface area contributed by atoms with Gasteiger partial charge in [0.1, 0.15) is 0 Å². The highest BCUT2D eigenvalue weighted by Crippen LogP contribution is 2.21. The molecule has 1 nitrogen and oxygen atoms in total. The lowest BCUT2D eigenvalue weighted by Crippen LogP contribution is -1.90. The van der Waals surface area contributed by atoms with Gasteiger partial charge in [0, 0.05) is 10.2 Å². The molecule has 1 aromatic rings. The number of hydrogen-bond acceptors (Lipinski definition) is 1. The third kappa shape index (κ3) is 7.94. The zero-order chi connectivity index (χ0) is 14.6. The van der Waals surface area contributed by atoms with Crippen LogP contribution in [-0.2, 0) is 6.42 Å². The van der Waals surface area contributed by atoms with Gasteiger partial charge in [-0.1, -0.05) is 70.8 Å². The van der Waals surface area contributed by atoms with Gasteiger partial charge in [0.05, 0.1) is 0 Å². The smallest absolute Gasteiger partial charge is 0.0458 e. The standard InChI is InChI=1S/C18H30BrN/c1-2-3-4-5-6-7-8-9-10-11-12-16-13-14-18(20)17(19)15-16/h13-15H,2-12,20H2,1H3. The Morgan fingerprint density at radius 3 is 1.95 bits per heavy atom. The lowest BCUT2D eigenvalue weighted by molar-refractivity contribution is 0.556. The number of hydrogen-bond donors (Lipinski definition) is 1. The van der Waals surface area contributed by atoms with Crippen molar-refractivity contribution < 1.29 is 0 Å². The van der Waals surface area contributed by atoms with E-state index in [1.165, 1.54) is 76.2 Å². The first-order valence-corrected chi connectivity index (χ1v) is 9.07. The maximum Gasteiger partial charge on any atom is 0.0458 e. The first kappa shape index (κ1) is 17.6. The zero-order valence-electron chi connectivity index (χ0n) is 13.0. The Kier molecular flexibility index (Phi) is 9.82. The number of anilines is 1. The molecule has 0 fully saturated rings. The predicted octanol–water partition coefficient (Wildman–Crippen LogP) is 6.49. The molecule has 0 aliphatic carbocycles. The van der Waals surface area contributed by atoms with Crippen molar-refractivity contribution in [2.75, 3.05) is 5.73 Å². The number of halogens is 1. The van der Waals surface area contributed by atoms with E-state index in [1.54, 1.807) is 0 Å². The molecule has 2 N–H and O–H groups in total. The highest BCUT2D eigenvalue weighted by molar-refractivity contribution is 9.10. The van der Waals surface area contributed by atoms with Gasteiger partial charge < -0.3 is 5.73 Å². The molecule has 0 aromatic heterocycles. The van der Waals surface area contributed by atoms with E-state index in [4.69, 9.17) is 5.73 Å². The summed E-state index contributed by atoms with van der Waals surface area (Å²) in [5, 5.41) is 0. The number of aryl methyl sites for hydroxylation is 1. The summed E-state index contributed by atoms with van der Waals surface area (Å²) in [6.45, 7) is 2.28. The van der Waals surface area contributed by atoms with E-state index in [9.17, 15) is 0 Å². The zero-order valence-corrected chi connectivity index (χ0v) is 14.6. The molecule has 0 saturated heterocycles. The van der Waals surface area contributed by atoms with Crippen molar-refractivity contribution in [2.24, 2.45) is 0 Å². The molecule has 0 aliphatic rings. The fourth-order valence-corrected chi connectivity index (χ4v) is 2.97. The number of benzene rings is 1. The third-order valence-corrected chi connectivity index (χ3v) is 4.57. The van der Waals surface area contributed by atoms with Gasteiger partial charge in [-0.15, -0.1) is 0 Å². The average Bonchev–Trinajstić information content (AvgIpc) is 2.45. The average molecular weight is 340 g/mol.